The van der Waals surface area contributed by atoms with Crippen molar-refractivity contribution in [2.24, 2.45) is 10.2 Å². The van der Waals surface area contributed by atoms with E-state index in [0.29, 0.717) is 25.0 Å². The van der Waals surface area contributed by atoms with E-state index in [4.69, 9.17) is 11.5 Å². The Labute approximate surface area is 140 Å². The monoisotopic (exact) mass is 328 g/mol. The molecule has 126 valence electrons. The first-order valence-electron chi connectivity index (χ1n) is 7.71. The van der Waals surface area contributed by atoms with E-state index in [0.717, 1.165) is 0 Å². The number of carboxylic acid groups (broad SMARTS) is 1. The van der Waals surface area contributed by atoms with E-state index < -0.39 is 17.2 Å². The van der Waals surface area contributed by atoms with Gasteiger partial charge in [-0.05, 0) is 19.1 Å². The van der Waals surface area contributed by atoms with Gasteiger partial charge < -0.3 is 10.4 Å². The fourth-order valence-corrected chi connectivity index (χ4v) is 2.54. The minimum Gasteiger partial charge on any atom is -0.481 e. The van der Waals surface area contributed by atoms with Crippen molar-refractivity contribution in [3.63, 3.8) is 0 Å². The second-order valence-corrected chi connectivity index (χ2v) is 6.05. The summed E-state index contributed by atoms with van der Waals surface area (Å²) < 4.78 is 0. The van der Waals surface area contributed by atoms with Gasteiger partial charge in [-0.25, -0.2) is 0 Å². The summed E-state index contributed by atoms with van der Waals surface area (Å²) in [7, 11) is 0. The molecule has 2 N–H and O–H groups in total. The molecule has 7 nitrogen and oxygen atoms in total. The first kappa shape index (κ1) is 17.6. The van der Waals surface area contributed by atoms with Crippen LogP contribution in [0.15, 0.2) is 34.6 Å². The van der Waals surface area contributed by atoms with Crippen molar-refractivity contribution in [3.8, 4) is 12.3 Å². The number of rotatable bonds is 9. The highest BCUT2D eigenvalue weighted by molar-refractivity contribution is 5.78. The fraction of sp³-hybridized carbons (Fsp3) is 0.471. The average Bonchev–Trinajstić information content (AvgIpc) is 3.31. The molecule has 1 amide bonds. The average molecular weight is 328 g/mol. The van der Waals surface area contributed by atoms with Crippen LogP contribution in [0.1, 0.15) is 44.7 Å². The van der Waals surface area contributed by atoms with Gasteiger partial charge in [0.05, 0.1) is 17.7 Å². The van der Waals surface area contributed by atoms with Gasteiger partial charge in [-0.2, -0.15) is 10.2 Å². The summed E-state index contributed by atoms with van der Waals surface area (Å²) in [5, 5.41) is 19.9. The minimum absolute atomic E-state index is 0.194. The van der Waals surface area contributed by atoms with Crippen LogP contribution < -0.4 is 5.32 Å². The first-order chi connectivity index (χ1) is 11.4. The molecule has 1 unspecified atom stereocenters. The number of aromatic nitrogens is 1. The number of amides is 1. The summed E-state index contributed by atoms with van der Waals surface area (Å²) in [4.78, 5) is 27.7. The van der Waals surface area contributed by atoms with Crippen LogP contribution in [0.2, 0.25) is 0 Å². The Morgan fingerprint density at radius 1 is 1.38 bits per heavy atom. The highest BCUT2D eigenvalue weighted by atomic mass is 16.4. The maximum absolute atomic E-state index is 12.3. The molecule has 0 aromatic carbocycles. The zero-order valence-corrected chi connectivity index (χ0v) is 13.5. The van der Waals surface area contributed by atoms with E-state index in [-0.39, 0.29) is 18.7 Å². The van der Waals surface area contributed by atoms with Crippen molar-refractivity contribution in [2.45, 2.75) is 50.2 Å². The van der Waals surface area contributed by atoms with Crippen LogP contribution in [-0.2, 0) is 15.1 Å². The number of hydrogen-bond acceptors (Lipinski definition) is 5. The third-order valence-corrected chi connectivity index (χ3v) is 3.96. The SMILES string of the molecule is C#CCCC1(CCC(=O)NC(C)(CC(=O)O)c2ccccn2)N=N1. The molecule has 1 aromatic rings. The van der Waals surface area contributed by atoms with E-state index in [1.54, 1.807) is 31.3 Å². The third-order valence-electron chi connectivity index (χ3n) is 3.96. The lowest BCUT2D eigenvalue weighted by atomic mass is 9.92. The van der Waals surface area contributed by atoms with Gasteiger partial charge in [0, 0.05) is 31.9 Å². The number of nitrogens with one attached hydrogen (secondary N) is 1. The van der Waals surface area contributed by atoms with Crippen LogP contribution >= 0.6 is 0 Å². The summed E-state index contributed by atoms with van der Waals surface area (Å²) in [6, 6.07) is 5.19. The predicted octanol–water partition coefficient (Wildman–Crippen LogP) is 2.24. The van der Waals surface area contributed by atoms with Crippen molar-refractivity contribution < 1.29 is 14.7 Å². The molecule has 1 aliphatic rings. The number of pyridine rings is 1. The molecule has 7 heteroatoms. The zero-order valence-electron chi connectivity index (χ0n) is 13.5. The van der Waals surface area contributed by atoms with E-state index >= 15 is 0 Å². The van der Waals surface area contributed by atoms with Crippen LogP contribution in [0, 0.1) is 12.3 Å². The quantitative estimate of drug-likeness (QED) is 0.678. The van der Waals surface area contributed by atoms with E-state index in [1.165, 1.54) is 0 Å². The van der Waals surface area contributed by atoms with Gasteiger partial charge in [-0.1, -0.05) is 6.07 Å². The van der Waals surface area contributed by atoms with Gasteiger partial charge in [0.15, 0.2) is 5.66 Å². The summed E-state index contributed by atoms with van der Waals surface area (Å²) in [6.45, 7) is 1.65. The van der Waals surface area contributed by atoms with Crippen LogP contribution in [0.5, 0.6) is 0 Å². The Hall–Kier alpha value is -2.75. The highest BCUT2D eigenvalue weighted by Crippen LogP contribution is 2.37. The number of terminal acetylenes is 1. The number of carbonyl (C=O) groups is 2. The van der Waals surface area contributed by atoms with E-state index in [9.17, 15) is 9.59 Å². The zero-order chi connectivity index (χ0) is 17.6. The van der Waals surface area contributed by atoms with Crippen molar-refractivity contribution in [1.29, 1.82) is 0 Å². The van der Waals surface area contributed by atoms with E-state index in [2.05, 4.69) is 26.4 Å². The maximum atomic E-state index is 12.3. The fourth-order valence-electron chi connectivity index (χ4n) is 2.54. The number of aliphatic carboxylic acids is 1. The Bertz CT molecular complexity index is 675. The van der Waals surface area contributed by atoms with Gasteiger partial charge in [0.2, 0.25) is 5.91 Å². The second kappa shape index (κ2) is 7.21. The Morgan fingerprint density at radius 2 is 2.12 bits per heavy atom. The lowest BCUT2D eigenvalue weighted by Gasteiger charge is -2.29. The molecule has 0 radical (unpaired) electrons. The molecule has 1 aromatic heterocycles. The summed E-state index contributed by atoms with van der Waals surface area (Å²) in [5.41, 5.74) is -1.10. The number of hydrogen-bond donors (Lipinski definition) is 2. The first-order valence-corrected chi connectivity index (χ1v) is 7.71. The van der Waals surface area contributed by atoms with E-state index in [1.807, 2.05) is 0 Å². The van der Waals surface area contributed by atoms with Crippen LogP contribution in [0.25, 0.3) is 0 Å². The van der Waals surface area contributed by atoms with Gasteiger partial charge in [-0.15, -0.1) is 12.3 Å². The second-order valence-electron chi connectivity index (χ2n) is 6.05. The molecule has 24 heavy (non-hydrogen) atoms. The highest BCUT2D eigenvalue weighted by Gasteiger charge is 2.40. The molecule has 0 aliphatic carbocycles. The molecule has 2 rings (SSSR count). The van der Waals surface area contributed by atoms with Crippen LogP contribution in [0.4, 0.5) is 0 Å². The van der Waals surface area contributed by atoms with Crippen LogP contribution in [-0.4, -0.2) is 27.6 Å². The predicted molar refractivity (Wildman–Crippen MR) is 86.9 cm³/mol. The Balaban J connectivity index is 1.98. The molecular formula is C17H20N4O3. The van der Waals surface area contributed by atoms with Gasteiger partial charge in [0.1, 0.15) is 0 Å². The molecule has 0 fully saturated rings. The Morgan fingerprint density at radius 3 is 2.67 bits per heavy atom. The number of nitrogens with zero attached hydrogens (tertiary/aromatic N) is 3. The lowest BCUT2D eigenvalue weighted by molar-refractivity contribution is -0.139. The number of carboxylic acids is 1. The molecule has 0 bridgehead atoms. The smallest absolute Gasteiger partial charge is 0.306 e. The molecule has 0 saturated heterocycles. The largest absolute Gasteiger partial charge is 0.481 e. The normalized spacial score (nSPS) is 16.7. The Kier molecular flexibility index (Phi) is 5.29. The van der Waals surface area contributed by atoms with Gasteiger partial charge in [0.25, 0.3) is 0 Å². The van der Waals surface area contributed by atoms with Crippen molar-refractivity contribution in [2.75, 3.05) is 0 Å². The standard InChI is InChI=1S/C17H20N4O3/c1-3-4-9-17(20-21-17)10-8-14(22)19-16(2,12-15(23)24)13-7-5-6-11-18-13/h1,5-7,11H,4,8-10,12H2,2H3,(H,19,22)(H,23,24). The topological polar surface area (TPSA) is 104 Å². The van der Waals surface area contributed by atoms with Crippen molar-refractivity contribution >= 4 is 11.9 Å². The third kappa shape index (κ3) is 4.62. The minimum atomic E-state index is -1.08. The van der Waals surface area contributed by atoms with Crippen molar-refractivity contribution in [3.05, 3.63) is 30.1 Å². The lowest BCUT2D eigenvalue weighted by Crippen LogP contribution is -2.45. The molecular weight excluding hydrogens is 308 g/mol. The van der Waals surface area contributed by atoms with Crippen LogP contribution in [0.3, 0.4) is 0 Å². The molecule has 2 heterocycles. The maximum Gasteiger partial charge on any atom is 0.306 e. The summed E-state index contributed by atoms with van der Waals surface area (Å²) in [5.74, 6) is 1.26. The number of carbonyl (C=O) groups excluding carboxylic acids is 1. The van der Waals surface area contributed by atoms with Gasteiger partial charge >= 0.3 is 5.97 Å². The summed E-state index contributed by atoms with van der Waals surface area (Å²) >= 11 is 0. The van der Waals surface area contributed by atoms with Crippen molar-refractivity contribution in [1.82, 2.24) is 10.3 Å². The molecule has 0 spiro atoms. The molecule has 1 atom stereocenters. The molecule has 1 aliphatic heterocycles. The summed E-state index contributed by atoms with van der Waals surface area (Å²) in [6.07, 6.45) is 8.39. The molecule has 0 saturated carbocycles. The van der Waals surface area contributed by atoms with Gasteiger partial charge in [-0.3, -0.25) is 14.6 Å².